The Kier molecular flexibility index (Phi) is 6.35. The summed E-state index contributed by atoms with van der Waals surface area (Å²) in [7, 11) is -1.68. The van der Waals surface area contributed by atoms with Crippen molar-refractivity contribution in [2.75, 3.05) is 6.54 Å². The summed E-state index contributed by atoms with van der Waals surface area (Å²) in [5.41, 5.74) is 8.17. The molecule has 17 heavy (non-hydrogen) atoms. The highest BCUT2D eigenvalue weighted by Crippen LogP contribution is 2.36. The van der Waals surface area contributed by atoms with E-state index in [9.17, 15) is 0 Å². The molecule has 0 saturated carbocycles. The van der Waals surface area contributed by atoms with Crippen LogP contribution in [0.2, 0.25) is 18.1 Å². The lowest BCUT2D eigenvalue weighted by molar-refractivity contribution is 0.424. The van der Waals surface area contributed by atoms with Gasteiger partial charge in [0.05, 0.1) is 6.26 Å². The average molecular weight is 255 g/mol. The lowest BCUT2D eigenvalue weighted by Crippen LogP contribution is -2.39. The predicted octanol–water partition coefficient (Wildman–Crippen LogP) is 4.86. The van der Waals surface area contributed by atoms with Crippen LogP contribution in [0.1, 0.15) is 34.1 Å². The lowest BCUT2D eigenvalue weighted by atomic mass is 10.1. The standard InChI is InChI=1S/C12H25N3OSi/c1-11(7-9-14-15-13)8-10-16-17(5,6)12(2,3)4/h8,10-11H,7,9H2,1-6H3/b10-8-. The Hall–Kier alpha value is -0.933. The summed E-state index contributed by atoms with van der Waals surface area (Å²) in [6.07, 6.45) is 4.74. The predicted molar refractivity (Wildman–Crippen MR) is 75.2 cm³/mol. The molecule has 1 unspecified atom stereocenters. The van der Waals surface area contributed by atoms with E-state index < -0.39 is 8.32 Å². The van der Waals surface area contributed by atoms with Gasteiger partial charge < -0.3 is 4.43 Å². The van der Waals surface area contributed by atoms with Gasteiger partial charge in [0.2, 0.25) is 8.32 Å². The van der Waals surface area contributed by atoms with Crippen molar-refractivity contribution in [2.24, 2.45) is 11.0 Å². The summed E-state index contributed by atoms with van der Waals surface area (Å²) in [4.78, 5) is 2.74. The molecule has 0 aliphatic rings. The van der Waals surface area contributed by atoms with Crippen LogP contribution in [-0.2, 0) is 4.43 Å². The van der Waals surface area contributed by atoms with Gasteiger partial charge in [0, 0.05) is 11.5 Å². The van der Waals surface area contributed by atoms with E-state index in [2.05, 4.69) is 50.8 Å². The molecule has 0 aliphatic carbocycles. The third-order valence-electron chi connectivity index (χ3n) is 3.32. The zero-order valence-electron chi connectivity index (χ0n) is 11.9. The van der Waals surface area contributed by atoms with E-state index in [0.717, 1.165) is 6.42 Å². The van der Waals surface area contributed by atoms with Gasteiger partial charge >= 0.3 is 0 Å². The fourth-order valence-electron chi connectivity index (χ4n) is 0.923. The normalized spacial score (nSPS) is 14.5. The maximum atomic E-state index is 8.17. The van der Waals surface area contributed by atoms with Gasteiger partial charge in [-0.1, -0.05) is 32.8 Å². The van der Waals surface area contributed by atoms with Crippen LogP contribution in [-0.4, -0.2) is 14.9 Å². The van der Waals surface area contributed by atoms with Gasteiger partial charge in [0.1, 0.15) is 0 Å². The smallest absolute Gasteiger partial charge is 0.249 e. The monoisotopic (exact) mass is 255 g/mol. The van der Waals surface area contributed by atoms with E-state index in [0.29, 0.717) is 12.5 Å². The van der Waals surface area contributed by atoms with E-state index in [-0.39, 0.29) is 5.04 Å². The fourth-order valence-corrected chi connectivity index (χ4v) is 1.69. The number of rotatable bonds is 6. The molecule has 0 N–H and O–H groups in total. The van der Waals surface area contributed by atoms with E-state index >= 15 is 0 Å². The molecule has 0 bridgehead atoms. The third-order valence-corrected chi connectivity index (χ3v) is 7.66. The highest BCUT2D eigenvalue weighted by molar-refractivity contribution is 6.74. The summed E-state index contributed by atoms with van der Waals surface area (Å²) in [6, 6.07) is 0. The SMILES string of the molecule is CC(/C=C\O[Si](C)(C)C(C)(C)C)CCN=[N+]=[N-]. The fraction of sp³-hybridized carbons (Fsp3) is 0.833. The van der Waals surface area contributed by atoms with Gasteiger partial charge in [-0.05, 0) is 42.1 Å². The first-order chi connectivity index (χ1) is 7.70. The Morgan fingerprint density at radius 1 is 1.41 bits per heavy atom. The first kappa shape index (κ1) is 16.1. The molecule has 0 aliphatic heterocycles. The number of hydrogen-bond donors (Lipinski definition) is 0. The first-order valence-corrected chi connectivity index (χ1v) is 8.97. The molecule has 0 radical (unpaired) electrons. The van der Waals surface area contributed by atoms with Crippen molar-refractivity contribution in [3.8, 4) is 0 Å². The minimum Gasteiger partial charge on any atom is -0.549 e. The second kappa shape index (κ2) is 6.72. The molecule has 0 amide bonds. The van der Waals surface area contributed by atoms with E-state index in [1.807, 2.05) is 12.3 Å². The minimum atomic E-state index is -1.68. The minimum absolute atomic E-state index is 0.228. The number of allylic oxidation sites excluding steroid dienone is 1. The van der Waals surface area contributed by atoms with Crippen LogP contribution in [0.15, 0.2) is 17.5 Å². The van der Waals surface area contributed by atoms with Crippen molar-refractivity contribution in [2.45, 2.75) is 52.2 Å². The van der Waals surface area contributed by atoms with Gasteiger partial charge in [-0.25, -0.2) is 0 Å². The molecule has 5 heteroatoms. The number of nitrogens with zero attached hydrogens (tertiary/aromatic N) is 3. The largest absolute Gasteiger partial charge is 0.549 e. The molecule has 0 rings (SSSR count). The molecule has 0 fully saturated rings. The number of azide groups is 1. The van der Waals surface area contributed by atoms with Crippen molar-refractivity contribution >= 4 is 8.32 Å². The van der Waals surface area contributed by atoms with Crippen molar-refractivity contribution in [3.63, 3.8) is 0 Å². The van der Waals surface area contributed by atoms with E-state index in [1.54, 1.807) is 0 Å². The zero-order valence-corrected chi connectivity index (χ0v) is 12.9. The summed E-state index contributed by atoms with van der Waals surface area (Å²) in [5, 5.41) is 3.75. The molecule has 0 saturated heterocycles. The van der Waals surface area contributed by atoms with Gasteiger partial charge in [0.15, 0.2) is 0 Å². The van der Waals surface area contributed by atoms with Crippen LogP contribution >= 0.6 is 0 Å². The Labute approximate surface area is 106 Å². The van der Waals surface area contributed by atoms with Gasteiger partial charge in [-0.15, -0.1) is 0 Å². The molecule has 98 valence electrons. The van der Waals surface area contributed by atoms with E-state index in [1.165, 1.54) is 0 Å². The Balaban J connectivity index is 4.14. The number of hydrogen-bond acceptors (Lipinski definition) is 2. The van der Waals surface area contributed by atoms with E-state index in [4.69, 9.17) is 9.96 Å². The molecular formula is C12H25N3OSi. The maximum absolute atomic E-state index is 8.17. The van der Waals surface area contributed by atoms with Crippen LogP contribution in [0.25, 0.3) is 10.4 Å². The molecule has 0 aromatic heterocycles. The Bertz CT molecular complexity index is 301. The van der Waals surface area contributed by atoms with Gasteiger partial charge in [0.25, 0.3) is 0 Å². The summed E-state index contributed by atoms with van der Waals surface area (Å²) >= 11 is 0. The summed E-state index contributed by atoms with van der Waals surface area (Å²) in [5.74, 6) is 0.380. The van der Waals surface area contributed by atoms with Crippen LogP contribution in [0.3, 0.4) is 0 Å². The highest BCUT2D eigenvalue weighted by Gasteiger charge is 2.37. The zero-order chi connectivity index (χ0) is 13.5. The van der Waals surface area contributed by atoms with Crippen LogP contribution in [0, 0.1) is 5.92 Å². The van der Waals surface area contributed by atoms with Crippen LogP contribution < -0.4 is 0 Å². The van der Waals surface area contributed by atoms with Crippen LogP contribution in [0.5, 0.6) is 0 Å². The third kappa shape index (κ3) is 6.39. The first-order valence-electron chi connectivity index (χ1n) is 6.06. The Morgan fingerprint density at radius 2 is 2.00 bits per heavy atom. The quantitative estimate of drug-likeness (QED) is 0.220. The highest BCUT2D eigenvalue weighted by atomic mass is 28.4. The van der Waals surface area contributed by atoms with Gasteiger partial charge in [-0.3, -0.25) is 0 Å². The Morgan fingerprint density at radius 3 is 2.47 bits per heavy atom. The maximum Gasteiger partial charge on any atom is 0.249 e. The summed E-state index contributed by atoms with van der Waals surface area (Å²) in [6.45, 7) is 13.7. The van der Waals surface area contributed by atoms with Crippen molar-refractivity contribution in [1.29, 1.82) is 0 Å². The molecule has 0 spiro atoms. The van der Waals surface area contributed by atoms with Crippen molar-refractivity contribution in [1.82, 2.24) is 0 Å². The van der Waals surface area contributed by atoms with Gasteiger partial charge in [-0.2, -0.15) is 0 Å². The molecule has 0 aromatic rings. The van der Waals surface area contributed by atoms with Crippen molar-refractivity contribution in [3.05, 3.63) is 22.8 Å². The van der Waals surface area contributed by atoms with Crippen LogP contribution in [0.4, 0.5) is 0 Å². The lowest BCUT2D eigenvalue weighted by Gasteiger charge is -2.35. The molecule has 0 heterocycles. The molecule has 0 aromatic carbocycles. The molecular weight excluding hydrogens is 230 g/mol. The average Bonchev–Trinajstić information content (AvgIpc) is 2.16. The second-order valence-corrected chi connectivity index (χ2v) is 10.7. The second-order valence-electron chi connectivity index (χ2n) is 5.93. The summed E-state index contributed by atoms with van der Waals surface area (Å²) < 4.78 is 5.93. The molecule has 4 nitrogen and oxygen atoms in total. The topological polar surface area (TPSA) is 58.0 Å². The molecule has 1 atom stereocenters. The van der Waals surface area contributed by atoms with Crippen molar-refractivity contribution < 1.29 is 4.43 Å².